The smallest absolute Gasteiger partial charge is 0.330 e. The SMILES string of the molecule is CN1OC[C@]2(CO)O[C@@H](n3ccc(=O)[nH]c3=O)[C@H]1[C@@H]2O. The fourth-order valence-corrected chi connectivity index (χ4v) is 2.67. The van der Waals surface area contributed by atoms with Crippen LogP contribution in [0.3, 0.4) is 0 Å². The van der Waals surface area contributed by atoms with E-state index < -0.39 is 41.8 Å². The first kappa shape index (κ1) is 13.5. The molecule has 2 saturated heterocycles. The highest BCUT2D eigenvalue weighted by Crippen LogP contribution is 2.42. The van der Waals surface area contributed by atoms with Gasteiger partial charge in [-0.25, -0.2) is 4.79 Å². The molecule has 3 rings (SSSR count). The van der Waals surface area contributed by atoms with Crippen LogP contribution >= 0.6 is 0 Å². The van der Waals surface area contributed by atoms with Crippen LogP contribution in [-0.2, 0) is 9.57 Å². The molecule has 20 heavy (non-hydrogen) atoms. The summed E-state index contributed by atoms with van der Waals surface area (Å²) in [5.41, 5.74) is -2.43. The highest BCUT2D eigenvalue weighted by Gasteiger charge is 2.60. The van der Waals surface area contributed by atoms with Crippen LogP contribution in [0.4, 0.5) is 0 Å². The van der Waals surface area contributed by atoms with E-state index in [1.54, 1.807) is 7.05 Å². The third kappa shape index (κ3) is 1.75. The molecule has 2 aliphatic heterocycles. The predicted octanol–water partition coefficient (Wildman–Crippen LogP) is -2.60. The molecule has 9 nitrogen and oxygen atoms in total. The second-order valence-electron chi connectivity index (χ2n) is 5.00. The summed E-state index contributed by atoms with van der Waals surface area (Å²) in [7, 11) is 1.60. The molecule has 0 amide bonds. The van der Waals surface area contributed by atoms with Crippen molar-refractivity contribution in [2.45, 2.75) is 24.0 Å². The number of rotatable bonds is 2. The lowest BCUT2D eigenvalue weighted by Crippen LogP contribution is -2.59. The van der Waals surface area contributed by atoms with Crippen molar-refractivity contribution in [2.75, 3.05) is 20.3 Å². The fourth-order valence-electron chi connectivity index (χ4n) is 2.67. The molecule has 2 bridgehead atoms. The Balaban J connectivity index is 2.06. The molecule has 110 valence electrons. The minimum atomic E-state index is -1.27. The van der Waals surface area contributed by atoms with Crippen LogP contribution in [0.15, 0.2) is 21.9 Å². The number of fused-ring (bicyclic) bond motifs is 2. The molecule has 3 N–H and O–H groups in total. The van der Waals surface area contributed by atoms with Gasteiger partial charge in [-0.15, -0.1) is 0 Å². The van der Waals surface area contributed by atoms with E-state index in [4.69, 9.17) is 9.57 Å². The third-order valence-electron chi connectivity index (χ3n) is 3.84. The quantitative estimate of drug-likeness (QED) is 0.545. The van der Waals surface area contributed by atoms with Crippen LogP contribution in [-0.4, -0.2) is 62.8 Å². The van der Waals surface area contributed by atoms with Gasteiger partial charge in [-0.05, 0) is 0 Å². The Morgan fingerprint density at radius 2 is 2.30 bits per heavy atom. The van der Waals surface area contributed by atoms with E-state index in [0.717, 1.165) is 4.57 Å². The van der Waals surface area contributed by atoms with Gasteiger partial charge in [0.15, 0.2) is 6.23 Å². The highest BCUT2D eigenvalue weighted by molar-refractivity contribution is 5.06. The summed E-state index contributed by atoms with van der Waals surface area (Å²) in [6.07, 6.45) is -0.595. The number of nitrogens with one attached hydrogen (secondary N) is 1. The van der Waals surface area contributed by atoms with Gasteiger partial charge < -0.3 is 14.9 Å². The second kappa shape index (κ2) is 4.50. The van der Waals surface area contributed by atoms with Gasteiger partial charge in [-0.3, -0.25) is 19.2 Å². The van der Waals surface area contributed by atoms with Crippen molar-refractivity contribution in [3.05, 3.63) is 33.1 Å². The zero-order valence-corrected chi connectivity index (χ0v) is 10.7. The first-order chi connectivity index (χ1) is 9.48. The Morgan fingerprint density at radius 3 is 2.95 bits per heavy atom. The first-order valence-electron chi connectivity index (χ1n) is 6.12. The topological polar surface area (TPSA) is 117 Å². The number of hydrogen-bond acceptors (Lipinski definition) is 7. The average molecular weight is 285 g/mol. The molecule has 9 heteroatoms. The molecule has 0 radical (unpaired) electrons. The summed E-state index contributed by atoms with van der Waals surface area (Å²) in [4.78, 5) is 30.4. The average Bonchev–Trinajstić information content (AvgIpc) is 2.59. The molecular formula is C11H15N3O6. The van der Waals surface area contributed by atoms with Crippen LogP contribution in [0, 0.1) is 0 Å². The molecule has 0 unspecified atom stereocenters. The Labute approximate surface area is 112 Å². The van der Waals surface area contributed by atoms with E-state index in [-0.39, 0.29) is 6.61 Å². The number of hydroxylamine groups is 2. The van der Waals surface area contributed by atoms with E-state index in [0.29, 0.717) is 0 Å². The lowest BCUT2D eigenvalue weighted by atomic mass is 9.94. The van der Waals surface area contributed by atoms with Gasteiger partial charge in [0, 0.05) is 19.3 Å². The third-order valence-corrected chi connectivity index (χ3v) is 3.84. The van der Waals surface area contributed by atoms with Crippen molar-refractivity contribution >= 4 is 0 Å². The number of aliphatic hydroxyl groups excluding tert-OH is 2. The van der Waals surface area contributed by atoms with Crippen molar-refractivity contribution in [2.24, 2.45) is 0 Å². The summed E-state index contributed by atoms with van der Waals surface area (Å²) in [5, 5.41) is 21.2. The summed E-state index contributed by atoms with van der Waals surface area (Å²) < 4.78 is 6.85. The molecule has 3 heterocycles. The van der Waals surface area contributed by atoms with Gasteiger partial charge >= 0.3 is 5.69 Å². The molecule has 2 fully saturated rings. The Hall–Kier alpha value is -1.52. The number of likely N-dealkylation sites (N-methyl/N-ethyl adjacent to an activating group) is 1. The predicted molar refractivity (Wildman–Crippen MR) is 64.8 cm³/mol. The normalized spacial score (nSPS) is 37.2. The molecule has 1 aromatic rings. The number of nitrogens with zero attached hydrogens (tertiary/aromatic N) is 2. The monoisotopic (exact) mass is 285 g/mol. The highest BCUT2D eigenvalue weighted by atomic mass is 16.7. The van der Waals surface area contributed by atoms with Crippen molar-refractivity contribution < 1.29 is 19.8 Å². The summed E-state index contributed by atoms with van der Waals surface area (Å²) in [6, 6.07) is 0.519. The van der Waals surface area contributed by atoms with Crippen molar-refractivity contribution in [1.82, 2.24) is 14.6 Å². The first-order valence-corrected chi connectivity index (χ1v) is 6.12. The molecular weight excluding hydrogens is 270 g/mol. The zero-order chi connectivity index (χ0) is 14.5. The number of aromatic nitrogens is 2. The number of aromatic amines is 1. The molecule has 0 spiro atoms. The zero-order valence-electron chi connectivity index (χ0n) is 10.7. The van der Waals surface area contributed by atoms with E-state index in [1.165, 1.54) is 17.3 Å². The number of aliphatic hydroxyl groups is 2. The molecule has 2 aliphatic rings. The number of H-pyrrole nitrogens is 1. The molecule has 0 saturated carbocycles. The second-order valence-corrected chi connectivity index (χ2v) is 5.00. The van der Waals surface area contributed by atoms with Gasteiger partial charge in [-0.2, -0.15) is 5.06 Å². The van der Waals surface area contributed by atoms with E-state index in [2.05, 4.69) is 4.98 Å². The number of hydrogen-bond donors (Lipinski definition) is 3. The largest absolute Gasteiger partial charge is 0.393 e. The summed E-state index contributed by atoms with van der Waals surface area (Å²) >= 11 is 0. The van der Waals surface area contributed by atoms with Crippen LogP contribution in [0.5, 0.6) is 0 Å². The van der Waals surface area contributed by atoms with Crippen molar-refractivity contribution in [3.8, 4) is 0 Å². The van der Waals surface area contributed by atoms with Gasteiger partial charge in [0.25, 0.3) is 5.56 Å². The summed E-state index contributed by atoms with van der Waals surface area (Å²) in [5.74, 6) is 0. The molecule has 0 aromatic carbocycles. The van der Waals surface area contributed by atoms with E-state index in [1.807, 2.05) is 0 Å². The van der Waals surface area contributed by atoms with Gasteiger partial charge in [0.2, 0.25) is 0 Å². The Bertz CT molecular complexity index is 627. The fraction of sp³-hybridized carbons (Fsp3) is 0.636. The van der Waals surface area contributed by atoms with Crippen LogP contribution in [0.2, 0.25) is 0 Å². The van der Waals surface area contributed by atoms with Gasteiger partial charge in [0.05, 0.1) is 6.61 Å². The van der Waals surface area contributed by atoms with Crippen LogP contribution < -0.4 is 11.2 Å². The van der Waals surface area contributed by atoms with E-state index in [9.17, 15) is 19.8 Å². The van der Waals surface area contributed by atoms with Crippen molar-refractivity contribution in [3.63, 3.8) is 0 Å². The van der Waals surface area contributed by atoms with Crippen LogP contribution in [0.1, 0.15) is 6.23 Å². The van der Waals surface area contributed by atoms with Gasteiger partial charge in [-0.1, -0.05) is 0 Å². The Kier molecular flexibility index (Phi) is 3.03. The van der Waals surface area contributed by atoms with E-state index >= 15 is 0 Å². The maximum absolute atomic E-state index is 11.8. The molecule has 0 aliphatic carbocycles. The minimum Gasteiger partial charge on any atom is -0.393 e. The van der Waals surface area contributed by atoms with Crippen LogP contribution in [0.25, 0.3) is 0 Å². The maximum atomic E-state index is 11.8. The molecule has 4 atom stereocenters. The number of ether oxygens (including phenoxy) is 1. The summed E-state index contributed by atoms with van der Waals surface area (Å²) in [6.45, 7) is -0.459. The minimum absolute atomic E-state index is 0.0216. The lowest BCUT2D eigenvalue weighted by molar-refractivity contribution is -0.255. The maximum Gasteiger partial charge on any atom is 0.330 e. The molecule has 1 aromatic heterocycles. The standard InChI is InChI=1S/C11H15N3O6/c1-13-7-8(17)11(4-15,5-19-13)20-9(7)14-3-2-6(16)12-10(14)18/h2-3,7-9,15,17H,4-5H2,1H3,(H,12,16,18)/t7-,8+,9-,11+/m1/s1. The lowest BCUT2D eigenvalue weighted by Gasteiger charge is -2.38. The Morgan fingerprint density at radius 1 is 1.55 bits per heavy atom. The van der Waals surface area contributed by atoms with Gasteiger partial charge in [0.1, 0.15) is 24.4 Å². The van der Waals surface area contributed by atoms with Crippen molar-refractivity contribution in [1.29, 1.82) is 0 Å².